The van der Waals surface area contributed by atoms with Crippen molar-refractivity contribution in [1.82, 2.24) is 0 Å². The molecule has 2 aromatic carbocycles. The number of nitrogen functional groups attached to an aromatic ring is 1. The number of hydrogen-bond acceptors (Lipinski definition) is 3. The van der Waals surface area contributed by atoms with Crippen molar-refractivity contribution in [3.63, 3.8) is 0 Å². The third-order valence-electron chi connectivity index (χ3n) is 3.16. The van der Waals surface area contributed by atoms with Crippen LogP contribution in [-0.4, -0.2) is 11.9 Å². The molecule has 0 saturated heterocycles. The summed E-state index contributed by atoms with van der Waals surface area (Å²) in [6, 6.07) is 14.5. The second-order valence-electron chi connectivity index (χ2n) is 4.73. The number of carbonyl (C=O) groups excluding carboxylic acids is 1. The minimum absolute atomic E-state index is 0.0700. The maximum atomic E-state index is 12.4. The zero-order valence-electron chi connectivity index (χ0n) is 10.5. The van der Waals surface area contributed by atoms with E-state index in [0.29, 0.717) is 22.6 Å². The van der Waals surface area contributed by atoms with Crippen molar-refractivity contribution in [2.24, 2.45) is 0 Å². The first-order chi connectivity index (χ1) is 9.25. The largest absolute Gasteiger partial charge is 0.488 e. The van der Waals surface area contributed by atoms with Gasteiger partial charge in [0, 0.05) is 11.1 Å². The Balaban J connectivity index is 1.93. The number of rotatable bonds is 4. The van der Waals surface area contributed by atoms with E-state index in [4.69, 9.17) is 10.5 Å². The van der Waals surface area contributed by atoms with Crippen LogP contribution < -0.4 is 10.5 Å². The highest BCUT2D eigenvalue weighted by Gasteiger charge is 2.25. The van der Waals surface area contributed by atoms with Gasteiger partial charge in [0.05, 0.1) is 11.8 Å². The Morgan fingerprint density at radius 1 is 1.05 bits per heavy atom. The first kappa shape index (κ1) is 11.8. The van der Waals surface area contributed by atoms with Crippen molar-refractivity contribution in [1.29, 1.82) is 0 Å². The lowest BCUT2D eigenvalue weighted by molar-refractivity contribution is 0.103. The van der Waals surface area contributed by atoms with Gasteiger partial charge in [-0.2, -0.15) is 0 Å². The van der Waals surface area contributed by atoms with E-state index in [9.17, 15) is 4.79 Å². The van der Waals surface area contributed by atoms with Gasteiger partial charge >= 0.3 is 0 Å². The summed E-state index contributed by atoms with van der Waals surface area (Å²) < 4.78 is 5.71. The number of ketones is 1. The molecule has 1 fully saturated rings. The Kier molecular flexibility index (Phi) is 2.95. The van der Waals surface area contributed by atoms with E-state index < -0.39 is 0 Å². The van der Waals surface area contributed by atoms with Crippen LogP contribution >= 0.6 is 0 Å². The maximum Gasteiger partial charge on any atom is 0.195 e. The monoisotopic (exact) mass is 253 g/mol. The normalized spacial score (nSPS) is 14.1. The quantitative estimate of drug-likeness (QED) is 0.673. The van der Waals surface area contributed by atoms with Gasteiger partial charge in [-0.3, -0.25) is 4.79 Å². The molecule has 0 aromatic heterocycles. The van der Waals surface area contributed by atoms with Crippen molar-refractivity contribution in [2.45, 2.75) is 18.9 Å². The number of benzene rings is 2. The van der Waals surface area contributed by atoms with Crippen LogP contribution in [0.3, 0.4) is 0 Å². The predicted molar refractivity (Wildman–Crippen MR) is 74.4 cm³/mol. The summed E-state index contributed by atoms with van der Waals surface area (Å²) in [5.41, 5.74) is 7.63. The zero-order chi connectivity index (χ0) is 13.2. The molecule has 0 spiro atoms. The van der Waals surface area contributed by atoms with Gasteiger partial charge in [0.2, 0.25) is 0 Å². The number of hydrogen-bond donors (Lipinski definition) is 1. The summed E-state index contributed by atoms with van der Waals surface area (Å²) in [6.07, 6.45) is 2.40. The summed E-state index contributed by atoms with van der Waals surface area (Å²) in [6.45, 7) is 0. The molecule has 0 bridgehead atoms. The first-order valence-electron chi connectivity index (χ1n) is 6.40. The molecule has 96 valence electrons. The standard InChI is InChI=1S/C16H15NO2/c17-15-13(16(18)11-5-2-1-3-6-11)7-4-8-14(15)19-12-9-10-12/h1-8,12H,9-10,17H2. The molecule has 0 radical (unpaired) electrons. The van der Waals surface area contributed by atoms with Gasteiger partial charge in [0.25, 0.3) is 0 Å². The molecule has 2 aromatic rings. The Hall–Kier alpha value is -2.29. The SMILES string of the molecule is Nc1c(OC2CC2)cccc1C(=O)c1ccccc1. The molecule has 0 unspecified atom stereocenters. The fourth-order valence-corrected chi connectivity index (χ4v) is 1.96. The summed E-state index contributed by atoms with van der Waals surface area (Å²) in [4.78, 5) is 12.4. The molecule has 0 aliphatic heterocycles. The van der Waals surface area contributed by atoms with E-state index in [1.54, 1.807) is 18.2 Å². The second kappa shape index (κ2) is 4.76. The smallest absolute Gasteiger partial charge is 0.195 e. The van der Waals surface area contributed by atoms with Crippen LogP contribution in [-0.2, 0) is 0 Å². The van der Waals surface area contributed by atoms with E-state index in [1.165, 1.54) is 0 Å². The summed E-state index contributed by atoms with van der Waals surface area (Å²) >= 11 is 0. The molecule has 3 nitrogen and oxygen atoms in total. The Bertz CT molecular complexity index is 603. The molecule has 1 aliphatic rings. The molecule has 0 atom stereocenters. The van der Waals surface area contributed by atoms with Gasteiger partial charge in [0.15, 0.2) is 5.78 Å². The second-order valence-corrected chi connectivity index (χ2v) is 4.73. The lowest BCUT2D eigenvalue weighted by Gasteiger charge is -2.11. The van der Waals surface area contributed by atoms with Crippen LogP contribution in [0.5, 0.6) is 5.75 Å². The lowest BCUT2D eigenvalue weighted by Crippen LogP contribution is -2.08. The third-order valence-corrected chi connectivity index (χ3v) is 3.16. The first-order valence-corrected chi connectivity index (χ1v) is 6.40. The van der Waals surface area contributed by atoms with E-state index in [-0.39, 0.29) is 11.9 Å². The van der Waals surface area contributed by atoms with Crippen LogP contribution in [0.2, 0.25) is 0 Å². The Labute approximate surface area is 112 Å². The molecular formula is C16H15NO2. The average molecular weight is 253 g/mol. The number of carbonyl (C=O) groups is 1. The van der Waals surface area contributed by atoms with Crippen LogP contribution in [0.1, 0.15) is 28.8 Å². The van der Waals surface area contributed by atoms with Gasteiger partial charge in [-0.15, -0.1) is 0 Å². The van der Waals surface area contributed by atoms with Crippen molar-refractivity contribution >= 4 is 11.5 Å². The van der Waals surface area contributed by atoms with E-state index >= 15 is 0 Å². The fourth-order valence-electron chi connectivity index (χ4n) is 1.96. The van der Waals surface area contributed by atoms with Gasteiger partial charge in [-0.05, 0) is 25.0 Å². The number of anilines is 1. The summed E-state index contributed by atoms with van der Waals surface area (Å²) in [5.74, 6) is 0.545. The molecule has 19 heavy (non-hydrogen) atoms. The predicted octanol–water partition coefficient (Wildman–Crippen LogP) is 3.04. The molecule has 1 aliphatic carbocycles. The average Bonchev–Trinajstić information content (AvgIpc) is 3.25. The highest BCUT2D eigenvalue weighted by molar-refractivity contribution is 6.12. The highest BCUT2D eigenvalue weighted by Crippen LogP contribution is 2.33. The molecule has 3 heteroatoms. The summed E-state index contributed by atoms with van der Waals surface area (Å²) in [5, 5.41) is 0. The van der Waals surface area contributed by atoms with Gasteiger partial charge < -0.3 is 10.5 Å². The van der Waals surface area contributed by atoms with Crippen molar-refractivity contribution < 1.29 is 9.53 Å². The lowest BCUT2D eigenvalue weighted by atomic mass is 10.0. The number of ether oxygens (including phenoxy) is 1. The maximum absolute atomic E-state index is 12.4. The molecule has 1 saturated carbocycles. The molecule has 2 N–H and O–H groups in total. The van der Waals surface area contributed by atoms with Gasteiger partial charge in [0.1, 0.15) is 5.75 Å². The Morgan fingerprint density at radius 3 is 2.47 bits per heavy atom. The van der Waals surface area contributed by atoms with Crippen LogP contribution in [0.4, 0.5) is 5.69 Å². The minimum Gasteiger partial charge on any atom is -0.488 e. The number of nitrogens with two attached hydrogens (primary N) is 1. The van der Waals surface area contributed by atoms with Gasteiger partial charge in [-0.25, -0.2) is 0 Å². The van der Waals surface area contributed by atoms with Crippen LogP contribution in [0.25, 0.3) is 0 Å². The number of para-hydroxylation sites is 1. The van der Waals surface area contributed by atoms with Crippen molar-refractivity contribution in [3.8, 4) is 5.75 Å². The third kappa shape index (κ3) is 2.45. The molecule has 0 amide bonds. The van der Waals surface area contributed by atoms with Crippen molar-refractivity contribution in [2.75, 3.05) is 5.73 Å². The van der Waals surface area contributed by atoms with E-state index in [1.807, 2.05) is 30.3 Å². The molecular weight excluding hydrogens is 238 g/mol. The van der Waals surface area contributed by atoms with Crippen molar-refractivity contribution in [3.05, 3.63) is 59.7 Å². The Morgan fingerprint density at radius 2 is 1.79 bits per heavy atom. The highest BCUT2D eigenvalue weighted by atomic mass is 16.5. The zero-order valence-corrected chi connectivity index (χ0v) is 10.5. The fraction of sp³-hybridized carbons (Fsp3) is 0.188. The minimum atomic E-state index is -0.0700. The molecule has 0 heterocycles. The van der Waals surface area contributed by atoms with E-state index in [2.05, 4.69) is 0 Å². The molecule has 3 rings (SSSR count). The summed E-state index contributed by atoms with van der Waals surface area (Å²) in [7, 11) is 0. The van der Waals surface area contributed by atoms with Crippen LogP contribution in [0, 0.1) is 0 Å². The van der Waals surface area contributed by atoms with E-state index in [0.717, 1.165) is 12.8 Å². The van der Waals surface area contributed by atoms with Gasteiger partial charge in [-0.1, -0.05) is 36.4 Å². The van der Waals surface area contributed by atoms with Crippen LogP contribution in [0.15, 0.2) is 48.5 Å². The topological polar surface area (TPSA) is 52.3 Å².